The lowest BCUT2D eigenvalue weighted by Gasteiger charge is -2.10. The zero-order valence-corrected chi connectivity index (χ0v) is 12.5. The number of nitrogens with one attached hydrogen (secondary N) is 2. The smallest absolute Gasteiger partial charge is 0.240 e. The van der Waals surface area contributed by atoms with Gasteiger partial charge in [0.25, 0.3) is 0 Å². The summed E-state index contributed by atoms with van der Waals surface area (Å²) in [6.45, 7) is 6.84. The highest BCUT2D eigenvalue weighted by Crippen LogP contribution is 2.37. The van der Waals surface area contributed by atoms with Gasteiger partial charge >= 0.3 is 0 Å². The van der Waals surface area contributed by atoms with E-state index in [4.69, 9.17) is 0 Å². The predicted octanol–water partition coefficient (Wildman–Crippen LogP) is 2.44. The highest BCUT2D eigenvalue weighted by molar-refractivity contribution is 7.89. The first kappa shape index (κ1) is 14.3. The summed E-state index contributed by atoms with van der Waals surface area (Å²) in [6.07, 6.45) is 1.29. The van der Waals surface area contributed by atoms with Gasteiger partial charge in [-0.2, -0.15) is 0 Å². The molecule has 0 amide bonds. The number of hydrogen-bond acceptors (Lipinski definition) is 3. The molecule has 19 heavy (non-hydrogen) atoms. The summed E-state index contributed by atoms with van der Waals surface area (Å²) in [6, 6.07) is 6.83. The fourth-order valence-corrected chi connectivity index (χ4v) is 3.31. The molecular formula is C14H22N2O2S. The van der Waals surface area contributed by atoms with Crippen molar-refractivity contribution in [2.75, 3.05) is 11.9 Å². The van der Waals surface area contributed by atoms with Crippen molar-refractivity contribution in [3.05, 3.63) is 24.3 Å². The van der Waals surface area contributed by atoms with Gasteiger partial charge < -0.3 is 5.32 Å². The van der Waals surface area contributed by atoms with Crippen molar-refractivity contribution in [3.8, 4) is 0 Å². The number of sulfonamides is 1. The molecule has 0 heterocycles. The van der Waals surface area contributed by atoms with Gasteiger partial charge in [0, 0.05) is 18.3 Å². The second-order valence-electron chi connectivity index (χ2n) is 5.65. The van der Waals surface area contributed by atoms with Crippen molar-refractivity contribution in [2.24, 2.45) is 11.8 Å². The van der Waals surface area contributed by atoms with Crippen LogP contribution in [-0.4, -0.2) is 21.0 Å². The van der Waals surface area contributed by atoms with Gasteiger partial charge in [0.15, 0.2) is 0 Å². The van der Waals surface area contributed by atoms with Crippen molar-refractivity contribution in [2.45, 2.75) is 38.1 Å². The van der Waals surface area contributed by atoms with E-state index in [1.54, 1.807) is 12.1 Å². The van der Waals surface area contributed by atoms with E-state index in [0.29, 0.717) is 4.90 Å². The maximum absolute atomic E-state index is 11.9. The summed E-state index contributed by atoms with van der Waals surface area (Å²) in [5, 5.41) is 3.34. The first-order valence-electron chi connectivity index (χ1n) is 6.75. The van der Waals surface area contributed by atoms with Crippen LogP contribution in [0, 0.1) is 11.8 Å². The summed E-state index contributed by atoms with van der Waals surface area (Å²) in [5.41, 5.74) is 0.975. The highest BCUT2D eigenvalue weighted by atomic mass is 32.2. The molecule has 1 aliphatic carbocycles. The summed E-state index contributed by atoms with van der Waals surface area (Å²) < 4.78 is 26.5. The molecule has 0 bridgehead atoms. The second kappa shape index (κ2) is 5.51. The van der Waals surface area contributed by atoms with Crippen LogP contribution in [0.4, 0.5) is 5.69 Å². The number of anilines is 1. The molecule has 1 saturated carbocycles. The Morgan fingerprint density at radius 3 is 2.32 bits per heavy atom. The van der Waals surface area contributed by atoms with Crippen molar-refractivity contribution in [1.82, 2.24) is 4.72 Å². The fourth-order valence-electron chi connectivity index (χ4n) is 2.06. The number of hydrogen-bond donors (Lipinski definition) is 2. The van der Waals surface area contributed by atoms with Crippen LogP contribution in [0.2, 0.25) is 0 Å². The summed E-state index contributed by atoms with van der Waals surface area (Å²) >= 11 is 0. The average molecular weight is 282 g/mol. The van der Waals surface area contributed by atoms with Gasteiger partial charge in [-0.15, -0.1) is 0 Å². The maximum atomic E-state index is 11.9. The fraction of sp³-hybridized carbons (Fsp3) is 0.571. The second-order valence-corrected chi connectivity index (χ2v) is 7.37. The van der Waals surface area contributed by atoms with E-state index in [1.807, 2.05) is 26.0 Å². The van der Waals surface area contributed by atoms with Gasteiger partial charge in [0.2, 0.25) is 10.0 Å². The minimum Gasteiger partial charge on any atom is -0.385 e. The summed E-state index contributed by atoms with van der Waals surface area (Å²) in [4.78, 5) is 0.312. The Morgan fingerprint density at radius 1 is 1.26 bits per heavy atom. The van der Waals surface area contributed by atoms with Crippen LogP contribution in [0.15, 0.2) is 29.2 Å². The molecule has 1 aromatic rings. The zero-order chi connectivity index (χ0) is 14.0. The lowest BCUT2D eigenvalue weighted by Crippen LogP contribution is -2.30. The van der Waals surface area contributed by atoms with Crippen molar-refractivity contribution in [1.29, 1.82) is 0 Å². The van der Waals surface area contributed by atoms with Gasteiger partial charge in [-0.25, -0.2) is 13.1 Å². The molecule has 0 aromatic heterocycles. The van der Waals surface area contributed by atoms with Crippen molar-refractivity contribution < 1.29 is 8.42 Å². The van der Waals surface area contributed by atoms with Gasteiger partial charge in [0.1, 0.15) is 0 Å². The molecule has 5 heteroatoms. The van der Waals surface area contributed by atoms with E-state index in [9.17, 15) is 8.42 Å². The van der Waals surface area contributed by atoms with Crippen LogP contribution < -0.4 is 10.0 Å². The minimum absolute atomic E-state index is 0.0980. The van der Waals surface area contributed by atoms with Crippen LogP contribution in [0.5, 0.6) is 0 Å². The molecule has 0 spiro atoms. The van der Waals surface area contributed by atoms with E-state index in [1.165, 1.54) is 6.42 Å². The van der Waals surface area contributed by atoms with Crippen LogP contribution in [0.1, 0.15) is 27.2 Å². The standard InChI is InChI=1S/C14H22N2O2S/c1-10(2)16-19(17,18)14-6-4-13(5-7-14)15-9-12-8-11(12)3/h4-7,10-12,15-16H,8-9H2,1-3H3. The van der Waals surface area contributed by atoms with Crippen LogP contribution in [-0.2, 0) is 10.0 Å². The average Bonchev–Trinajstić information content (AvgIpc) is 3.02. The quantitative estimate of drug-likeness (QED) is 0.842. The highest BCUT2D eigenvalue weighted by Gasteiger charge is 2.31. The molecule has 2 rings (SSSR count). The normalized spacial score (nSPS) is 22.5. The molecule has 1 aliphatic rings. The SMILES string of the molecule is CC(C)NS(=O)(=O)c1ccc(NCC2CC2C)cc1. The molecular weight excluding hydrogens is 260 g/mol. The molecule has 2 atom stereocenters. The summed E-state index contributed by atoms with van der Waals surface area (Å²) in [7, 11) is -3.38. The Kier molecular flexibility index (Phi) is 4.16. The number of rotatable bonds is 6. The molecule has 0 saturated heterocycles. The first-order valence-corrected chi connectivity index (χ1v) is 8.23. The van der Waals surface area contributed by atoms with E-state index in [0.717, 1.165) is 24.1 Å². The van der Waals surface area contributed by atoms with Crippen molar-refractivity contribution >= 4 is 15.7 Å². The molecule has 106 valence electrons. The van der Waals surface area contributed by atoms with E-state index >= 15 is 0 Å². The number of benzene rings is 1. The summed E-state index contributed by atoms with van der Waals surface area (Å²) in [5.74, 6) is 1.59. The topological polar surface area (TPSA) is 58.2 Å². The molecule has 2 unspecified atom stereocenters. The Hall–Kier alpha value is -1.07. The first-order chi connectivity index (χ1) is 8.88. The Morgan fingerprint density at radius 2 is 1.84 bits per heavy atom. The van der Waals surface area contributed by atoms with Gasteiger partial charge in [-0.05, 0) is 56.4 Å². The molecule has 4 nitrogen and oxygen atoms in total. The lowest BCUT2D eigenvalue weighted by atomic mass is 10.3. The van der Waals surface area contributed by atoms with E-state index < -0.39 is 10.0 Å². The van der Waals surface area contributed by atoms with Gasteiger partial charge in [0.05, 0.1) is 4.90 Å². The minimum atomic E-state index is -3.38. The third-order valence-electron chi connectivity index (χ3n) is 3.40. The molecule has 1 fully saturated rings. The Balaban J connectivity index is 1.97. The maximum Gasteiger partial charge on any atom is 0.240 e. The monoisotopic (exact) mass is 282 g/mol. The van der Waals surface area contributed by atoms with Crippen LogP contribution in [0.25, 0.3) is 0 Å². The van der Waals surface area contributed by atoms with Gasteiger partial charge in [-0.3, -0.25) is 0 Å². The van der Waals surface area contributed by atoms with E-state index in [2.05, 4.69) is 17.0 Å². The van der Waals surface area contributed by atoms with Crippen LogP contribution >= 0.6 is 0 Å². The largest absolute Gasteiger partial charge is 0.385 e. The zero-order valence-electron chi connectivity index (χ0n) is 11.7. The molecule has 2 N–H and O–H groups in total. The van der Waals surface area contributed by atoms with Crippen LogP contribution in [0.3, 0.4) is 0 Å². The molecule has 1 aromatic carbocycles. The van der Waals surface area contributed by atoms with E-state index in [-0.39, 0.29) is 6.04 Å². The Labute approximate surface area is 115 Å². The van der Waals surface area contributed by atoms with Gasteiger partial charge in [-0.1, -0.05) is 6.92 Å². The third kappa shape index (κ3) is 3.94. The molecule has 0 aliphatic heterocycles. The molecule has 0 radical (unpaired) electrons. The third-order valence-corrected chi connectivity index (χ3v) is 5.07. The van der Waals surface area contributed by atoms with Crippen molar-refractivity contribution in [3.63, 3.8) is 0 Å². The Bertz CT molecular complexity index is 523. The lowest BCUT2D eigenvalue weighted by molar-refractivity contribution is 0.570. The predicted molar refractivity (Wildman–Crippen MR) is 77.7 cm³/mol.